The molecule has 10 aromatic rings. The highest BCUT2D eigenvalue weighted by Crippen LogP contribution is 2.33. The number of aromatic hydroxyl groups is 3. The van der Waals surface area contributed by atoms with E-state index in [0.29, 0.717) is 34.7 Å². The summed E-state index contributed by atoms with van der Waals surface area (Å²) >= 11 is 0. The maximum atomic E-state index is 14.5. The maximum absolute atomic E-state index is 14.5. The van der Waals surface area contributed by atoms with E-state index in [1.165, 1.54) is 71.5 Å². The topological polar surface area (TPSA) is 95.9 Å². The Hall–Kier alpha value is -9.08. The first-order valence-corrected chi connectivity index (χ1v) is 28.0. The lowest BCUT2D eigenvalue weighted by molar-refractivity contribution is 0.295. The normalized spacial score (nSPS) is 10.6. The van der Waals surface area contributed by atoms with Crippen LogP contribution in [0.1, 0.15) is 76.5 Å². The van der Waals surface area contributed by atoms with Gasteiger partial charge in [-0.25, -0.2) is 13.2 Å². The molecule has 0 spiro atoms. The fourth-order valence-corrected chi connectivity index (χ4v) is 9.08. The summed E-state index contributed by atoms with van der Waals surface area (Å²) in [6, 6.07) is 65.9. The number of unbranched alkanes of at least 4 members (excludes halogenated alkanes) is 1. The number of hydrogen-bond donors (Lipinski definition) is 4. The highest BCUT2D eigenvalue weighted by atomic mass is 19.2. The van der Waals surface area contributed by atoms with E-state index in [-0.39, 0.29) is 34.4 Å². The van der Waals surface area contributed by atoms with Crippen LogP contribution in [0.15, 0.2) is 218 Å². The third-order valence-corrected chi connectivity index (χ3v) is 13.7. The molecule has 5 N–H and O–H groups in total. The Bertz CT molecular complexity index is 3410. The molecule has 0 atom stereocenters. The molecule has 0 amide bonds. The molecule has 10 aromatic carbocycles. The van der Waals surface area contributed by atoms with Crippen LogP contribution in [0.3, 0.4) is 0 Å². The lowest BCUT2D eigenvalue weighted by Gasteiger charge is -2.09. The molecule has 420 valence electrons. The lowest BCUT2D eigenvalue weighted by atomic mass is 9.98. The second kappa shape index (κ2) is 30.5. The number of benzene rings is 10. The van der Waals surface area contributed by atoms with Crippen molar-refractivity contribution in [3.05, 3.63) is 258 Å². The van der Waals surface area contributed by atoms with E-state index in [1.54, 1.807) is 66.7 Å². The van der Waals surface area contributed by atoms with Gasteiger partial charge in [-0.05, 0) is 172 Å². The van der Waals surface area contributed by atoms with Gasteiger partial charge in [0.25, 0.3) is 0 Å². The molecule has 0 bridgehead atoms. The summed E-state index contributed by atoms with van der Waals surface area (Å²) in [6.07, 6.45) is 8.75. The monoisotopic (exact) mass is 1100 g/mol. The number of rotatable bonds is 16. The molecule has 0 aliphatic heterocycles. The number of anilines is 1. The van der Waals surface area contributed by atoms with E-state index in [1.807, 2.05) is 61.5 Å². The summed E-state index contributed by atoms with van der Waals surface area (Å²) in [5.41, 5.74) is 19.9. The zero-order chi connectivity index (χ0) is 58.4. The molecule has 9 heteroatoms. The van der Waals surface area contributed by atoms with Gasteiger partial charge in [-0.2, -0.15) is 4.39 Å². The molecule has 0 heterocycles. The van der Waals surface area contributed by atoms with Crippen molar-refractivity contribution in [3.8, 4) is 89.8 Å². The number of phenolic OH excluding ortho intramolecular Hbond substituents is 3. The van der Waals surface area contributed by atoms with E-state index < -0.39 is 11.6 Å². The van der Waals surface area contributed by atoms with Gasteiger partial charge in [0.2, 0.25) is 5.82 Å². The first-order chi connectivity index (χ1) is 39.8. The first kappa shape index (κ1) is 60.6. The van der Waals surface area contributed by atoms with Gasteiger partial charge < -0.3 is 25.8 Å². The second-order valence-corrected chi connectivity index (χ2v) is 19.9. The summed E-state index contributed by atoms with van der Waals surface area (Å²) < 4.78 is 61.8. The molecule has 0 fully saturated rings. The van der Waals surface area contributed by atoms with Crippen molar-refractivity contribution in [1.29, 1.82) is 0 Å². The molecule has 0 radical (unpaired) electrons. The standard InChI is InChI=1S/C21H20FN.C21H19FO.C16H18O.C15H14F2O2/c2*1-2-3-15-4-6-16(7-5-15)18-10-13-20(21(22)14-18)17-8-11-19(23)12-9-17;1-2-3-4-13-5-7-14(8-6-13)15-9-11-16(17)12-10-15;1-2-9-19-13-8-7-12(14(16)15(13)17)10-3-5-11(18)6-4-10/h4-14H,2-3,23H2,1H3;4-14,23H,2-3H2,1H3;5-12,17H,2-4H2,1H3;3-8,18H,2,9H2,1H3. The quantitative estimate of drug-likeness (QED) is 0.0571. The fourth-order valence-electron chi connectivity index (χ4n) is 9.08. The molecule has 0 aromatic heterocycles. The van der Waals surface area contributed by atoms with Crippen LogP contribution in [0, 0.1) is 23.3 Å². The number of hydrogen-bond acceptors (Lipinski definition) is 5. The smallest absolute Gasteiger partial charge is 0.201 e. The molecular weight excluding hydrogens is 1030 g/mol. The number of phenols is 3. The van der Waals surface area contributed by atoms with Crippen LogP contribution in [-0.2, 0) is 19.3 Å². The lowest BCUT2D eigenvalue weighted by Crippen LogP contribution is -2.00. The second-order valence-electron chi connectivity index (χ2n) is 19.9. The molecule has 0 aliphatic rings. The maximum Gasteiger partial charge on any atom is 0.201 e. The Balaban J connectivity index is 0.000000159. The zero-order valence-electron chi connectivity index (χ0n) is 47.0. The SMILES string of the molecule is CCCCc1ccc(-c2ccc(O)cc2)cc1.CCCOc1ccc(-c2ccc(O)cc2)c(F)c1F.CCCc1ccc(-c2ccc(-c3ccc(N)cc3)c(F)c2)cc1.CCCc1ccc(-c2ccc(-c3ccc(O)cc3)c(F)c2)cc1. The van der Waals surface area contributed by atoms with Gasteiger partial charge in [0.05, 0.1) is 6.61 Å². The minimum Gasteiger partial charge on any atom is -0.508 e. The van der Waals surface area contributed by atoms with Crippen LogP contribution >= 0.6 is 0 Å². The van der Waals surface area contributed by atoms with Crippen molar-refractivity contribution >= 4 is 5.69 Å². The predicted octanol–water partition coefficient (Wildman–Crippen LogP) is 20.0. The van der Waals surface area contributed by atoms with Gasteiger partial charge in [0.15, 0.2) is 11.6 Å². The van der Waals surface area contributed by atoms with Crippen molar-refractivity contribution in [3.63, 3.8) is 0 Å². The van der Waals surface area contributed by atoms with Crippen molar-refractivity contribution in [1.82, 2.24) is 0 Å². The van der Waals surface area contributed by atoms with Crippen LogP contribution in [0.4, 0.5) is 23.2 Å². The van der Waals surface area contributed by atoms with E-state index in [2.05, 4.69) is 81.4 Å². The highest BCUT2D eigenvalue weighted by molar-refractivity contribution is 5.74. The summed E-state index contributed by atoms with van der Waals surface area (Å²) in [6.45, 7) is 8.77. The van der Waals surface area contributed by atoms with E-state index >= 15 is 0 Å². The molecular formula is C73H71F4NO4. The molecule has 82 heavy (non-hydrogen) atoms. The van der Waals surface area contributed by atoms with Crippen LogP contribution in [0.25, 0.3) is 66.8 Å². The number of ether oxygens (including phenoxy) is 1. The molecule has 0 saturated heterocycles. The number of aryl methyl sites for hydroxylation is 3. The molecule has 0 saturated carbocycles. The van der Waals surface area contributed by atoms with Gasteiger partial charge in [-0.15, -0.1) is 0 Å². The Morgan fingerprint density at radius 1 is 0.329 bits per heavy atom. The van der Waals surface area contributed by atoms with Gasteiger partial charge in [0, 0.05) is 22.4 Å². The first-order valence-electron chi connectivity index (χ1n) is 28.0. The third kappa shape index (κ3) is 17.2. The Kier molecular flexibility index (Phi) is 22.5. The summed E-state index contributed by atoms with van der Waals surface area (Å²) in [7, 11) is 0. The number of nitrogens with two attached hydrogens (primary N) is 1. The van der Waals surface area contributed by atoms with Gasteiger partial charge in [-0.1, -0.05) is 193 Å². The predicted molar refractivity (Wildman–Crippen MR) is 330 cm³/mol. The van der Waals surface area contributed by atoms with E-state index in [0.717, 1.165) is 77.5 Å². The van der Waals surface area contributed by atoms with Gasteiger partial charge >= 0.3 is 0 Å². The third-order valence-electron chi connectivity index (χ3n) is 13.7. The summed E-state index contributed by atoms with van der Waals surface area (Å²) in [5.74, 6) is -1.92. The largest absolute Gasteiger partial charge is 0.508 e. The minimum absolute atomic E-state index is 0.0764. The Morgan fingerprint density at radius 3 is 1.04 bits per heavy atom. The highest BCUT2D eigenvalue weighted by Gasteiger charge is 2.16. The van der Waals surface area contributed by atoms with Crippen molar-refractivity contribution in [2.45, 2.75) is 79.1 Å². The van der Waals surface area contributed by atoms with E-state index in [4.69, 9.17) is 10.5 Å². The molecule has 10 rings (SSSR count). The average molecular weight is 1100 g/mol. The van der Waals surface area contributed by atoms with Crippen LogP contribution in [-0.4, -0.2) is 21.9 Å². The molecule has 0 unspecified atom stereocenters. The number of nitrogen functional groups attached to an aromatic ring is 1. The van der Waals surface area contributed by atoms with Crippen molar-refractivity contribution in [2.75, 3.05) is 12.3 Å². The van der Waals surface area contributed by atoms with Gasteiger partial charge in [0.1, 0.15) is 28.9 Å². The summed E-state index contributed by atoms with van der Waals surface area (Å²) in [5, 5.41) is 27.8. The van der Waals surface area contributed by atoms with Crippen LogP contribution in [0.2, 0.25) is 0 Å². The van der Waals surface area contributed by atoms with E-state index in [9.17, 15) is 32.9 Å². The number of halogens is 4. The Labute approximate surface area is 480 Å². The van der Waals surface area contributed by atoms with Crippen molar-refractivity contribution in [2.24, 2.45) is 0 Å². The van der Waals surface area contributed by atoms with Crippen molar-refractivity contribution < 1.29 is 37.6 Å². The zero-order valence-corrected chi connectivity index (χ0v) is 47.0. The molecule has 5 nitrogen and oxygen atoms in total. The van der Waals surface area contributed by atoms with Crippen LogP contribution in [0.5, 0.6) is 23.0 Å². The molecule has 0 aliphatic carbocycles. The van der Waals surface area contributed by atoms with Crippen LogP contribution < -0.4 is 10.5 Å². The van der Waals surface area contributed by atoms with Gasteiger partial charge in [-0.3, -0.25) is 0 Å². The average Bonchev–Trinajstić information content (AvgIpc) is 3.56. The minimum atomic E-state index is -0.987. The summed E-state index contributed by atoms with van der Waals surface area (Å²) in [4.78, 5) is 0. The fraction of sp³-hybridized carbons (Fsp3) is 0.178. The Morgan fingerprint density at radius 2 is 0.659 bits per heavy atom.